The van der Waals surface area contributed by atoms with Crippen LogP contribution in [0.2, 0.25) is 0 Å². The van der Waals surface area contributed by atoms with Crippen LogP contribution in [0, 0.1) is 0 Å². The summed E-state index contributed by atoms with van der Waals surface area (Å²) in [6.45, 7) is 7.79. The monoisotopic (exact) mass is 171 g/mol. The van der Waals surface area contributed by atoms with E-state index >= 15 is 0 Å². The highest BCUT2D eigenvalue weighted by molar-refractivity contribution is 5.74. The summed E-state index contributed by atoms with van der Waals surface area (Å²) >= 11 is 0. The summed E-state index contributed by atoms with van der Waals surface area (Å²) in [5, 5.41) is 5.50. The maximum atomic E-state index is 10.8. The molecule has 2 N–H and O–H groups in total. The van der Waals surface area contributed by atoms with Gasteiger partial charge in [-0.2, -0.15) is 0 Å². The number of nitrogens with zero attached hydrogens (tertiary/aromatic N) is 1. The van der Waals surface area contributed by atoms with E-state index in [0.29, 0.717) is 13.3 Å². The minimum Gasteiger partial charge on any atom is -0.325 e. The molecule has 2 amide bonds. The van der Waals surface area contributed by atoms with Gasteiger partial charge in [0.2, 0.25) is 0 Å². The first-order valence-electron chi connectivity index (χ1n) is 4.33. The maximum absolute atomic E-state index is 10.8. The Hall–Kier alpha value is -0.770. The highest BCUT2D eigenvalue weighted by Crippen LogP contribution is 2.17. The van der Waals surface area contributed by atoms with Crippen LogP contribution in [0.5, 0.6) is 0 Å². The topological polar surface area (TPSA) is 44.4 Å². The van der Waals surface area contributed by atoms with Crippen LogP contribution < -0.4 is 10.6 Å². The third-order valence-corrected chi connectivity index (χ3v) is 2.58. The maximum Gasteiger partial charge on any atom is 0.316 e. The highest BCUT2D eigenvalue weighted by Gasteiger charge is 2.27. The number of rotatable bonds is 2. The van der Waals surface area contributed by atoms with E-state index in [1.165, 1.54) is 0 Å². The Labute approximate surface area is 73.3 Å². The summed E-state index contributed by atoms with van der Waals surface area (Å²) in [5.41, 5.74) is 0.153. The van der Waals surface area contributed by atoms with Crippen LogP contribution in [0.1, 0.15) is 27.2 Å². The van der Waals surface area contributed by atoms with Gasteiger partial charge in [0, 0.05) is 5.54 Å². The van der Waals surface area contributed by atoms with Crippen LogP contribution in [0.3, 0.4) is 0 Å². The second-order valence-corrected chi connectivity index (χ2v) is 3.70. The van der Waals surface area contributed by atoms with Gasteiger partial charge in [0.25, 0.3) is 0 Å². The van der Waals surface area contributed by atoms with Crippen molar-refractivity contribution in [3.8, 4) is 0 Å². The first-order valence-corrected chi connectivity index (χ1v) is 4.33. The Morgan fingerprint density at radius 2 is 1.92 bits per heavy atom. The number of urea groups is 1. The smallest absolute Gasteiger partial charge is 0.316 e. The predicted octanol–water partition coefficient (Wildman–Crippen LogP) is 0.705. The number of nitrogens with one attached hydrogen (secondary N) is 2. The van der Waals surface area contributed by atoms with Crippen LogP contribution in [0.25, 0.3) is 0 Å². The van der Waals surface area contributed by atoms with Gasteiger partial charge in [0.05, 0.1) is 13.3 Å². The molecule has 70 valence electrons. The molecule has 0 unspecified atom stereocenters. The second-order valence-electron chi connectivity index (χ2n) is 3.70. The Balaban J connectivity index is 2.49. The molecule has 0 aromatic rings. The van der Waals surface area contributed by atoms with Gasteiger partial charge in [0.1, 0.15) is 0 Å². The first kappa shape index (κ1) is 9.32. The summed E-state index contributed by atoms with van der Waals surface area (Å²) < 4.78 is 0. The minimum atomic E-state index is -0.0712. The molecule has 0 spiro atoms. The molecule has 4 heteroatoms. The largest absolute Gasteiger partial charge is 0.325 e. The SMILES string of the molecule is CCC(C)(C)N1CNC(=O)NC1. The second kappa shape index (κ2) is 3.31. The average molecular weight is 171 g/mol. The van der Waals surface area contributed by atoms with Gasteiger partial charge in [-0.1, -0.05) is 6.92 Å². The first-order chi connectivity index (χ1) is 5.56. The Morgan fingerprint density at radius 1 is 1.42 bits per heavy atom. The third kappa shape index (κ3) is 1.88. The molecule has 1 aliphatic heterocycles. The van der Waals surface area contributed by atoms with Crippen molar-refractivity contribution in [1.29, 1.82) is 0 Å². The van der Waals surface area contributed by atoms with Gasteiger partial charge in [-0.3, -0.25) is 4.90 Å². The fraction of sp³-hybridized carbons (Fsp3) is 0.875. The quantitative estimate of drug-likeness (QED) is 0.642. The number of carbonyl (C=O) groups excluding carboxylic acids is 1. The molecule has 0 atom stereocenters. The van der Waals surface area contributed by atoms with Gasteiger partial charge in [-0.05, 0) is 20.3 Å². The third-order valence-electron chi connectivity index (χ3n) is 2.58. The lowest BCUT2D eigenvalue weighted by atomic mass is 10.0. The fourth-order valence-corrected chi connectivity index (χ4v) is 1.10. The molecule has 0 aliphatic carbocycles. The molecule has 1 aliphatic rings. The van der Waals surface area contributed by atoms with E-state index in [1.807, 2.05) is 0 Å². The molecule has 12 heavy (non-hydrogen) atoms. The van der Waals surface area contributed by atoms with Gasteiger partial charge < -0.3 is 10.6 Å². The molecule has 1 saturated heterocycles. The van der Waals surface area contributed by atoms with E-state index in [-0.39, 0.29) is 11.6 Å². The molecular weight excluding hydrogens is 154 g/mol. The predicted molar refractivity (Wildman–Crippen MR) is 47.6 cm³/mol. The summed E-state index contributed by atoms with van der Waals surface area (Å²) in [4.78, 5) is 13.0. The van der Waals surface area contributed by atoms with Crippen molar-refractivity contribution >= 4 is 6.03 Å². The zero-order valence-electron chi connectivity index (χ0n) is 7.98. The van der Waals surface area contributed by atoms with Crippen molar-refractivity contribution in [2.24, 2.45) is 0 Å². The van der Waals surface area contributed by atoms with E-state index in [2.05, 4.69) is 36.3 Å². The molecule has 1 heterocycles. The van der Waals surface area contributed by atoms with Crippen LogP contribution in [0.15, 0.2) is 0 Å². The molecule has 0 aromatic carbocycles. The van der Waals surface area contributed by atoms with Crippen LogP contribution in [-0.4, -0.2) is 29.8 Å². The molecule has 1 fully saturated rings. The molecule has 0 aromatic heterocycles. The lowest BCUT2D eigenvalue weighted by molar-refractivity contribution is 0.0838. The van der Waals surface area contributed by atoms with E-state index in [9.17, 15) is 4.79 Å². The van der Waals surface area contributed by atoms with Crippen molar-refractivity contribution < 1.29 is 4.79 Å². The lowest BCUT2D eigenvalue weighted by Gasteiger charge is -2.40. The van der Waals surface area contributed by atoms with Crippen molar-refractivity contribution in [3.05, 3.63) is 0 Å². The van der Waals surface area contributed by atoms with Gasteiger partial charge in [-0.15, -0.1) is 0 Å². The van der Waals surface area contributed by atoms with Crippen molar-refractivity contribution in [3.63, 3.8) is 0 Å². The molecular formula is C8H17N3O. The molecule has 0 saturated carbocycles. The Bertz CT molecular complexity index is 169. The zero-order chi connectivity index (χ0) is 9.19. The average Bonchev–Trinajstić information content (AvgIpc) is 2.05. The van der Waals surface area contributed by atoms with Crippen LogP contribution >= 0.6 is 0 Å². The van der Waals surface area contributed by atoms with E-state index in [0.717, 1.165) is 6.42 Å². The van der Waals surface area contributed by atoms with Gasteiger partial charge >= 0.3 is 6.03 Å². The van der Waals surface area contributed by atoms with Crippen LogP contribution in [0.4, 0.5) is 4.79 Å². The Kier molecular flexibility index (Phi) is 2.57. The summed E-state index contributed by atoms with van der Waals surface area (Å²) in [6, 6.07) is -0.0712. The molecule has 1 rings (SSSR count). The van der Waals surface area contributed by atoms with E-state index in [1.54, 1.807) is 0 Å². The highest BCUT2D eigenvalue weighted by atomic mass is 16.2. The number of hydrogen-bond acceptors (Lipinski definition) is 2. The lowest BCUT2D eigenvalue weighted by Crippen LogP contribution is -2.60. The van der Waals surface area contributed by atoms with Crippen molar-refractivity contribution in [1.82, 2.24) is 15.5 Å². The standard InChI is InChI=1S/C8H17N3O/c1-4-8(2,3)11-5-9-7(12)10-6-11/h4-6H2,1-3H3,(H2,9,10,12). The molecule has 0 bridgehead atoms. The number of amides is 2. The molecule has 0 radical (unpaired) electrons. The number of hydrogen-bond donors (Lipinski definition) is 2. The molecule has 4 nitrogen and oxygen atoms in total. The van der Waals surface area contributed by atoms with Crippen LogP contribution in [-0.2, 0) is 0 Å². The van der Waals surface area contributed by atoms with Gasteiger partial charge in [-0.25, -0.2) is 4.79 Å². The van der Waals surface area contributed by atoms with Gasteiger partial charge in [0.15, 0.2) is 0 Å². The van der Waals surface area contributed by atoms with E-state index in [4.69, 9.17) is 0 Å². The normalized spacial score (nSPS) is 20.1. The summed E-state index contributed by atoms with van der Waals surface area (Å²) in [7, 11) is 0. The minimum absolute atomic E-state index is 0.0712. The van der Waals surface area contributed by atoms with Crippen molar-refractivity contribution in [2.45, 2.75) is 32.7 Å². The van der Waals surface area contributed by atoms with E-state index < -0.39 is 0 Å². The summed E-state index contributed by atoms with van der Waals surface area (Å²) in [6.07, 6.45) is 1.07. The fourth-order valence-electron chi connectivity index (χ4n) is 1.10. The van der Waals surface area contributed by atoms with Crippen molar-refractivity contribution in [2.75, 3.05) is 13.3 Å². The zero-order valence-corrected chi connectivity index (χ0v) is 7.98. The Morgan fingerprint density at radius 3 is 2.33 bits per heavy atom. The number of carbonyl (C=O) groups is 1. The summed E-state index contributed by atoms with van der Waals surface area (Å²) in [5.74, 6) is 0.